The summed E-state index contributed by atoms with van der Waals surface area (Å²) >= 11 is 0. The first kappa shape index (κ1) is 14.0. The van der Waals surface area contributed by atoms with Crippen molar-refractivity contribution in [3.63, 3.8) is 0 Å². The van der Waals surface area contributed by atoms with E-state index in [1.54, 1.807) is 12.1 Å². The molecular weight excluding hydrogens is 243 g/mol. The van der Waals surface area contributed by atoms with Crippen LogP contribution in [0.1, 0.15) is 43.2 Å². The molecule has 0 amide bonds. The summed E-state index contributed by atoms with van der Waals surface area (Å²) in [6.45, 7) is 0.513. The lowest BCUT2D eigenvalue weighted by atomic mass is 10.1. The fourth-order valence-corrected chi connectivity index (χ4v) is 2.24. The van der Waals surface area contributed by atoms with Crippen molar-refractivity contribution in [1.29, 1.82) is 0 Å². The summed E-state index contributed by atoms with van der Waals surface area (Å²) in [5.74, 6) is 5.15. The minimum absolute atomic E-state index is 0.000892. The van der Waals surface area contributed by atoms with Crippen LogP contribution in [0.15, 0.2) is 18.2 Å². The van der Waals surface area contributed by atoms with Crippen molar-refractivity contribution < 1.29 is 14.2 Å². The average molecular weight is 262 g/mol. The number of aliphatic hydroxyl groups excluding tert-OH is 1. The van der Waals surface area contributed by atoms with Crippen molar-refractivity contribution >= 4 is 0 Å². The minimum atomic E-state index is -0.324. The molecule has 0 atom stereocenters. The molecule has 0 saturated heterocycles. The van der Waals surface area contributed by atoms with Gasteiger partial charge in [-0.15, -0.1) is 0 Å². The van der Waals surface area contributed by atoms with Gasteiger partial charge in [-0.3, -0.25) is 0 Å². The molecular formula is C16H19FO2. The average Bonchev–Trinajstić information content (AvgIpc) is 2.93. The van der Waals surface area contributed by atoms with Gasteiger partial charge in [0.2, 0.25) is 0 Å². The molecule has 1 aromatic rings. The Morgan fingerprint density at radius 1 is 1.32 bits per heavy atom. The molecule has 0 heterocycles. The van der Waals surface area contributed by atoms with Crippen LogP contribution in [0, 0.1) is 17.7 Å². The van der Waals surface area contributed by atoms with E-state index in [1.165, 1.54) is 18.9 Å². The van der Waals surface area contributed by atoms with Crippen molar-refractivity contribution in [1.82, 2.24) is 0 Å². The molecule has 19 heavy (non-hydrogen) atoms. The lowest BCUT2D eigenvalue weighted by Crippen LogP contribution is -2.07. The summed E-state index contributed by atoms with van der Waals surface area (Å²) < 4.78 is 19.3. The van der Waals surface area contributed by atoms with Gasteiger partial charge in [-0.1, -0.05) is 30.7 Å². The topological polar surface area (TPSA) is 29.5 Å². The van der Waals surface area contributed by atoms with Crippen molar-refractivity contribution in [2.75, 3.05) is 6.61 Å². The highest BCUT2D eigenvalue weighted by molar-refractivity contribution is 5.38. The highest BCUT2D eigenvalue weighted by Crippen LogP contribution is 2.22. The van der Waals surface area contributed by atoms with Crippen LogP contribution in [0.2, 0.25) is 0 Å². The lowest BCUT2D eigenvalue weighted by Gasteiger charge is -2.11. The second kappa shape index (κ2) is 7.28. The second-order valence-corrected chi connectivity index (χ2v) is 4.81. The zero-order chi connectivity index (χ0) is 13.5. The Kier molecular flexibility index (Phi) is 5.38. The molecule has 1 aliphatic carbocycles. The molecule has 1 aromatic carbocycles. The van der Waals surface area contributed by atoms with Crippen molar-refractivity contribution in [2.45, 2.75) is 44.8 Å². The van der Waals surface area contributed by atoms with Gasteiger partial charge in [-0.05, 0) is 30.5 Å². The van der Waals surface area contributed by atoms with Crippen LogP contribution in [-0.4, -0.2) is 17.8 Å². The van der Waals surface area contributed by atoms with Crippen LogP contribution >= 0.6 is 0 Å². The molecule has 1 aliphatic rings. The first-order chi connectivity index (χ1) is 9.29. The van der Waals surface area contributed by atoms with E-state index in [0.29, 0.717) is 24.7 Å². The number of rotatable bonds is 4. The molecule has 0 aromatic heterocycles. The van der Waals surface area contributed by atoms with E-state index in [0.717, 1.165) is 18.4 Å². The molecule has 0 spiro atoms. The molecule has 3 heteroatoms. The second-order valence-electron chi connectivity index (χ2n) is 4.81. The summed E-state index contributed by atoms with van der Waals surface area (Å²) in [4.78, 5) is 0. The maximum atomic E-state index is 13.5. The van der Waals surface area contributed by atoms with Gasteiger partial charge in [0, 0.05) is 6.42 Å². The van der Waals surface area contributed by atoms with Crippen LogP contribution in [0.5, 0.6) is 0 Å². The normalized spacial score (nSPS) is 15.3. The molecule has 1 fully saturated rings. The Labute approximate surface area is 113 Å². The maximum absolute atomic E-state index is 13.5. The first-order valence-electron chi connectivity index (χ1n) is 6.79. The van der Waals surface area contributed by atoms with E-state index in [-0.39, 0.29) is 12.4 Å². The van der Waals surface area contributed by atoms with Crippen LogP contribution in [0.3, 0.4) is 0 Å². The summed E-state index contributed by atoms with van der Waals surface area (Å²) in [6, 6.07) is 4.90. The van der Waals surface area contributed by atoms with Gasteiger partial charge in [0.15, 0.2) is 0 Å². The molecule has 0 bridgehead atoms. The molecule has 0 radical (unpaired) electrons. The molecule has 1 N–H and O–H groups in total. The fraction of sp³-hybridized carbons (Fsp3) is 0.500. The SMILES string of the molecule is OCCC#Cc1cc(COC2CCCC2)ccc1F. The van der Waals surface area contributed by atoms with Gasteiger partial charge in [-0.2, -0.15) is 0 Å². The predicted molar refractivity (Wildman–Crippen MR) is 72.0 cm³/mol. The number of aliphatic hydroxyl groups is 1. The Balaban J connectivity index is 1.97. The number of benzene rings is 1. The summed E-state index contributed by atoms with van der Waals surface area (Å²) in [5, 5.41) is 8.66. The van der Waals surface area contributed by atoms with Crippen LogP contribution < -0.4 is 0 Å². The third-order valence-corrected chi connectivity index (χ3v) is 3.28. The van der Waals surface area contributed by atoms with Gasteiger partial charge in [0.1, 0.15) is 5.82 Å². The number of hydrogen-bond donors (Lipinski definition) is 1. The zero-order valence-corrected chi connectivity index (χ0v) is 11.0. The van der Waals surface area contributed by atoms with Crippen LogP contribution in [-0.2, 0) is 11.3 Å². The van der Waals surface area contributed by atoms with Crippen LogP contribution in [0.25, 0.3) is 0 Å². The smallest absolute Gasteiger partial charge is 0.138 e. The van der Waals surface area contributed by atoms with E-state index in [4.69, 9.17) is 9.84 Å². The van der Waals surface area contributed by atoms with E-state index in [1.807, 2.05) is 0 Å². The number of hydrogen-bond acceptors (Lipinski definition) is 2. The summed E-state index contributed by atoms with van der Waals surface area (Å²) in [6.07, 6.45) is 5.46. The molecule has 0 aliphatic heterocycles. The van der Waals surface area contributed by atoms with Crippen molar-refractivity contribution in [2.24, 2.45) is 0 Å². The van der Waals surface area contributed by atoms with E-state index in [2.05, 4.69) is 11.8 Å². The highest BCUT2D eigenvalue weighted by Gasteiger charge is 2.15. The number of ether oxygens (including phenoxy) is 1. The highest BCUT2D eigenvalue weighted by atomic mass is 19.1. The molecule has 2 rings (SSSR count). The van der Waals surface area contributed by atoms with Crippen molar-refractivity contribution in [3.05, 3.63) is 35.1 Å². The van der Waals surface area contributed by atoms with Gasteiger partial charge in [0.05, 0.1) is 24.9 Å². The van der Waals surface area contributed by atoms with E-state index < -0.39 is 0 Å². The van der Waals surface area contributed by atoms with Crippen molar-refractivity contribution in [3.8, 4) is 11.8 Å². The van der Waals surface area contributed by atoms with E-state index >= 15 is 0 Å². The quantitative estimate of drug-likeness (QED) is 0.845. The number of halogens is 1. The Morgan fingerprint density at radius 3 is 2.84 bits per heavy atom. The first-order valence-corrected chi connectivity index (χ1v) is 6.79. The van der Waals surface area contributed by atoms with E-state index in [9.17, 15) is 4.39 Å². The summed E-state index contributed by atoms with van der Waals surface area (Å²) in [7, 11) is 0. The Morgan fingerprint density at radius 2 is 2.11 bits per heavy atom. The Bertz CT molecular complexity index is 467. The molecule has 102 valence electrons. The predicted octanol–water partition coefficient (Wildman–Crippen LogP) is 3.02. The summed E-state index contributed by atoms with van der Waals surface area (Å²) in [5.41, 5.74) is 1.32. The lowest BCUT2D eigenvalue weighted by molar-refractivity contribution is 0.0456. The third-order valence-electron chi connectivity index (χ3n) is 3.28. The standard InChI is InChI=1S/C16H19FO2/c17-16-9-8-13(11-14(16)5-3-4-10-18)12-19-15-6-1-2-7-15/h8-9,11,15,18H,1-2,4,6-7,10,12H2. The Hall–Kier alpha value is -1.37. The fourth-order valence-electron chi connectivity index (χ4n) is 2.24. The largest absolute Gasteiger partial charge is 0.395 e. The van der Waals surface area contributed by atoms with Gasteiger partial charge in [-0.25, -0.2) is 4.39 Å². The molecule has 2 nitrogen and oxygen atoms in total. The van der Waals surface area contributed by atoms with Crippen LogP contribution in [0.4, 0.5) is 4.39 Å². The maximum Gasteiger partial charge on any atom is 0.138 e. The van der Waals surface area contributed by atoms with Gasteiger partial charge in [0.25, 0.3) is 0 Å². The zero-order valence-electron chi connectivity index (χ0n) is 11.0. The third kappa shape index (κ3) is 4.34. The molecule has 0 unspecified atom stereocenters. The van der Waals surface area contributed by atoms with Gasteiger partial charge < -0.3 is 9.84 Å². The van der Waals surface area contributed by atoms with Gasteiger partial charge >= 0.3 is 0 Å². The monoisotopic (exact) mass is 262 g/mol. The minimum Gasteiger partial charge on any atom is -0.395 e. The molecule has 1 saturated carbocycles.